The summed E-state index contributed by atoms with van der Waals surface area (Å²) in [7, 11) is 0. The second-order valence-corrected chi connectivity index (χ2v) is 4.29. The number of carbonyl (C=O) groups excluding carboxylic acids is 1. The Morgan fingerprint density at radius 1 is 1.43 bits per heavy atom. The third-order valence-corrected chi connectivity index (χ3v) is 2.63. The number of rotatable bonds is 5. The fourth-order valence-electron chi connectivity index (χ4n) is 1.61. The van der Waals surface area contributed by atoms with Gasteiger partial charge in [0.25, 0.3) is 5.91 Å². The molecule has 0 aliphatic rings. The third kappa shape index (κ3) is 3.61. The molecule has 21 heavy (non-hydrogen) atoms. The number of amides is 1. The number of nitrogens with one attached hydrogen (secondary N) is 1. The first-order chi connectivity index (χ1) is 9.91. The van der Waals surface area contributed by atoms with Gasteiger partial charge in [-0.2, -0.15) is 13.2 Å². The standard InChI is InChI=1S/C12H13F3N4O2/c1-2-5-16-11(20)7-21-19-10-6-8(12(13,14)15)3-4-9(10)17-18-19/h3-4,6H,2,5,7H2,1H3,(H,16,20). The Bertz CT molecular complexity index is 639. The second kappa shape index (κ2) is 5.98. The Morgan fingerprint density at radius 3 is 2.86 bits per heavy atom. The summed E-state index contributed by atoms with van der Waals surface area (Å²) in [5.74, 6) is -0.382. The third-order valence-electron chi connectivity index (χ3n) is 2.63. The van der Waals surface area contributed by atoms with E-state index in [2.05, 4.69) is 15.6 Å². The van der Waals surface area contributed by atoms with E-state index in [9.17, 15) is 18.0 Å². The zero-order chi connectivity index (χ0) is 15.5. The lowest BCUT2D eigenvalue weighted by molar-refractivity contribution is -0.137. The van der Waals surface area contributed by atoms with Crippen molar-refractivity contribution in [2.24, 2.45) is 0 Å². The van der Waals surface area contributed by atoms with E-state index < -0.39 is 11.7 Å². The molecule has 0 fully saturated rings. The predicted molar refractivity (Wildman–Crippen MR) is 67.3 cm³/mol. The molecular formula is C12H13F3N4O2. The number of alkyl halides is 3. The van der Waals surface area contributed by atoms with E-state index in [0.29, 0.717) is 6.54 Å². The maximum absolute atomic E-state index is 12.7. The van der Waals surface area contributed by atoms with Crippen LogP contribution in [0.5, 0.6) is 0 Å². The minimum Gasteiger partial charge on any atom is -0.385 e. The number of nitrogens with zero attached hydrogens (tertiary/aromatic N) is 3. The molecule has 0 aliphatic heterocycles. The summed E-state index contributed by atoms with van der Waals surface area (Å²) in [4.78, 5) is 17.2. The van der Waals surface area contributed by atoms with Crippen LogP contribution in [0.25, 0.3) is 11.0 Å². The van der Waals surface area contributed by atoms with E-state index in [-0.39, 0.29) is 23.5 Å². The van der Waals surface area contributed by atoms with Gasteiger partial charge in [0.15, 0.2) is 6.61 Å². The number of hydrogen-bond donors (Lipinski definition) is 1. The molecule has 0 radical (unpaired) electrons. The van der Waals surface area contributed by atoms with E-state index in [0.717, 1.165) is 23.4 Å². The molecule has 1 aromatic heterocycles. The Morgan fingerprint density at radius 2 is 2.19 bits per heavy atom. The van der Waals surface area contributed by atoms with Crippen molar-refractivity contribution in [3.63, 3.8) is 0 Å². The van der Waals surface area contributed by atoms with Gasteiger partial charge in [0.1, 0.15) is 11.0 Å². The molecule has 0 spiro atoms. The molecule has 1 heterocycles. The average Bonchev–Trinajstić information content (AvgIpc) is 2.84. The average molecular weight is 302 g/mol. The van der Waals surface area contributed by atoms with Gasteiger partial charge in [0.2, 0.25) is 0 Å². The molecule has 1 amide bonds. The Kier molecular flexibility index (Phi) is 4.29. The number of hydrogen-bond acceptors (Lipinski definition) is 4. The van der Waals surface area contributed by atoms with Crippen LogP contribution in [0.2, 0.25) is 0 Å². The van der Waals surface area contributed by atoms with Crippen molar-refractivity contribution in [3.8, 4) is 0 Å². The largest absolute Gasteiger partial charge is 0.416 e. The van der Waals surface area contributed by atoms with E-state index >= 15 is 0 Å². The van der Waals surface area contributed by atoms with Crippen LogP contribution in [0.3, 0.4) is 0 Å². The van der Waals surface area contributed by atoms with Crippen molar-refractivity contribution < 1.29 is 22.8 Å². The lowest BCUT2D eigenvalue weighted by Crippen LogP contribution is -2.32. The highest BCUT2D eigenvalue weighted by atomic mass is 19.4. The number of benzene rings is 1. The van der Waals surface area contributed by atoms with Gasteiger partial charge in [-0.05, 0) is 29.8 Å². The quantitative estimate of drug-likeness (QED) is 0.906. The number of fused-ring (bicyclic) bond motifs is 1. The molecule has 0 bridgehead atoms. The molecule has 9 heteroatoms. The molecule has 0 saturated heterocycles. The SMILES string of the molecule is CCCNC(=O)COn1nnc2ccc(C(F)(F)F)cc21. The lowest BCUT2D eigenvalue weighted by atomic mass is 10.2. The molecular weight excluding hydrogens is 289 g/mol. The Hall–Kier alpha value is -2.32. The Balaban J connectivity index is 2.15. The van der Waals surface area contributed by atoms with E-state index in [4.69, 9.17) is 4.84 Å². The summed E-state index contributed by atoms with van der Waals surface area (Å²) in [5.41, 5.74) is -0.539. The van der Waals surface area contributed by atoms with Gasteiger partial charge < -0.3 is 10.2 Å². The molecule has 0 aliphatic carbocycles. The molecule has 2 aromatic rings. The molecule has 0 unspecified atom stereocenters. The summed E-state index contributed by atoms with van der Waals surface area (Å²) in [6.45, 7) is 2.04. The van der Waals surface area contributed by atoms with Crippen LogP contribution >= 0.6 is 0 Å². The van der Waals surface area contributed by atoms with Crippen LogP contribution in [-0.4, -0.2) is 34.2 Å². The van der Waals surface area contributed by atoms with Crippen molar-refractivity contribution in [2.45, 2.75) is 19.5 Å². The van der Waals surface area contributed by atoms with Crippen molar-refractivity contribution in [3.05, 3.63) is 23.8 Å². The second-order valence-electron chi connectivity index (χ2n) is 4.29. The van der Waals surface area contributed by atoms with Crippen LogP contribution in [0, 0.1) is 0 Å². The topological polar surface area (TPSA) is 69.0 Å². The summed E-state index contributed by atoms with van der Waals surface area (Å²) in [6.07, 6.45) is -3.70. The first-order valence-electron chi connectivity index (χ1n) is 6.24. The predicted octanol–water partition coefficient (Wildman–Crippen LogP) is 1.40. The number of carbonyl (C=O) groups is 1. The number of halogens is 3. The number of aromatic nitrogens is 3. The lowest BCUT2D eigenvalue weighted by Gasteiger charge is -2.08. The Labute approximate surface area is 117 Å². The van der Waals surface area contributed by atoms with Gasteiger partial charge in [-0.15, -0.1) is 5.10 Å². The monoisotopic (exact) mass is 302 g/mol. The fourth-order valence-corrected chi connectivity index (χ4v) is 1.61. The summed E-state index contributed by atoms with van der Waals surface area (Å²) in [5, 5.41) is 9.81. The van der Waals surface area contributed by atoms with Crippen LogP contribution in [0.1, 0.15) is 18.9 Å². The molecule has 2 rings (SSSR count). The van der Waals surface area contributed by atoms with Gasteiger partial charge in [0.05, 0.1) is 5.56 Å². The fraction of sp³-hybridized carbons (Fsp3) is 0.417. The maximum atomic E-state index is 12.7. The smallest absolute Gasteiger partial charge is 0.385 e. The van der Waals surface area contributed by atoms with Crippen molar-refractivity contribution in [1.82, 2.24) is 20.5 Å². The van der Waals surface area contributed by atoms with Gasteiger partial charge in [-0.1, -0.05) is 11.8 Å². The first kappa shape index (κ1) is 15.1. The molecule has 0 saturated carbocycles. The van der Waals surface area contributed by atoms with Gasteiger partial charge >= 0.3 is 6.18 Å². The molecule has 0 atom stereocenters. The van der Waals surface area contributed by atoms with Gasteiger partial charge in [0, 0.05) is 6.54 Å². The van der Waals surface area contributed by atoms with Crippen molar-refractivity contribution in [1.29, 1.82) is 0 Å². The molecule has 1 N–H and O–H groups in total. The van der Waals surface area contributed by atoms with Crippen LogP contribution in [0.15, 0.2) is 18.2 Å². The van der Waals surface area contributed by atoms with E-state index in [1.54, 1.807) is 0 Å². The normalized spacial score (nSPS) is 11.6. The highest BCUT2D eigenvalue weighted by Crippen LogP contribution is 2.30. The van der Waals surface area contributed by atoms with Crippen molar-refractivity contribution in [2.75, 3.05) is 13.2 Å². The van der Waals surface area contributed by atoms with Crippen LogP contribution < -0.4 is 10.2 Å². The van der Waals surface area contributed by atoms with Crippen LogP contribution in [-0.2, 0) is 11.0 Å². The highest BCUT2D eigenvalue weighted by Gasteiger charge is 2.31. The van der Waals surface area contributed by atoms with E-state index in [1.165, 1.54) is 6.07 Å². The van der Waals surface area contributed by atoms with Gasteiger partial charge in [-0.3, -0.25) is 4.79 Å². The minimum atomic E-state index is -4.47. The van der Waals surface area contributed by atoms with E-state index in [1.807, 2.05) is 6.92 Å². The molecule has 114 valence electrons. The van der Waals surface area contributed by atoms with Crippen molar-refractivity contribution >= 4 is 16.9 Å². The zero-order valence-corrected chi connectivity index (χ0v) is 11.1. The molecule has 1 aromatic carbocycles. The summed E-state index contributed by atoms with van der Waals surface area (Å²) >= 11 is 0. The zero-order valence-electron chi connectivity index (χ0n) is 11.1. The van der Waals surface area contributed by atoms with Gasteiger partial charge in [-0.25, -0.2) is 0 Å². The maximum Gasteiger partial charge on any atom is 0.416 e. The van der Waals surface area contributed by atoms with Crippen LogP contribution in [0.4, 0.5) is 13.2 Å². The minimum absolute atomic E-state index is 0.0492. The first-order valence-corrected chi connectivity index (χ1v) is 6.24. The highest BCUT2D eigenvalue weighted by molar-refractivity contribution is 5.77. The summed E-state index contributed by atoms with van der Waals surface area (Å²) in [6, 6.07) is 2.98. The molecule has 6 nitrogen and oxygen atoms in total. The summed E-state index contributed by atoms with van der Waals surface area (Å²) < 4.78 is 38.0.